The zero-order valence-corrected chi connectivity index (χ0v) is 16.5. The lowest BCUT2D eigenvalue weighted by Crippen LogP contribution is -2.50. The molecule has 0 aromatic heterocycles. The summed E-state index contributed by atoms with van der Waals surface area (Å²) >= 11 is 0. The minimum Gasteiger partial charge on any atom is -0.484 e. The SMILES string of the molecule is CC(=O)c1ccc(OCC(=O)N(C2CCCCC2)[C@H]2CCS(=O)(=O)C2)cc1. The van der Waals surface area contributed by atoms with Gasteiger partial charge in [0.15, 0.2) is 22.2 Å². The van der Waals surface area contributed by atoms with Gasteiger partial charge in [0, 0.05) is 17.6 Å². The summed E-state index contributed by atoms with van der Waals surface area (Å²) in [5.74, 6) is 0.559. The third-order valence-corrected chi connectivity index (χ3v) is 7.23. The molecular formula is C20H27NO5S. The third-order valence-electron chi connectivity index (χ3n) is 5.48. The Morgan fingerprint density at radius 1 is 1.04 bits per heavy atom. The van der Waals surface area contributed by atoms with Crippen LogP contribution in [-0.2, 0) is 14.6 Å². The number of carbonyl (C=O) groups is 2. The first-order valence-electron chi connectivity index (χ1n) is 9.61. The molecule has 6 nitrogen and oxygen atoms in total. The first-order chi connectivity index (χ1) is 12.9. The maximum absolute atomic E-state index is 12.9. The molecule has 1 aliphatic carbocycles. The van der Waals surface area contributed by atoms with Gasteiger partial charge in [-0.2, -0.15) is 0 Å². The van der Waals surface area contributed by atoms with Gasteiger partial charge in [0.25, 0.3) is 5.91 Å². The number of sulfone groups is 1. The molecule has 1 atom stereocenters. The van der Waals surface area contributed by atoms with Crippen LogP contribution in [0.5, 0.6) is 5.75 Å². The quantitative estimate of drug-likeness (QED) is 0.694. The molecule has 0 radical (unpaired) electrons. The van der Waals surface area contributed by atoms with Gasteiger partial charge >= 0.3 is 0 Å². The monoisotopic (exact) mass is 393 g/mol. The highest BCUT2D eigenvalue weighted by Crippen LogP contribution is 2.28. The summed E-state index contributed by atoms with van der Waals surface area (Å²) in [6.07, 6.45) is 5.67. The Kier molecular flexibility index (Phi) is 6.19. The number of hydrogen-bond acceptors (Lipinski definition) is 5. The zero-order valence-electron chi connectivity index (χ0n) is 15.7. The Balaban J connectivity index is 1.67. The number of carbonyl (C=O) groups excluding carboxylic acids is 2. The van der Waals surface area contributed by atoms with Gasteiger partial charge in [0.2, 0.25) is 0 Å². The molecule has 1 heterocycles. The van der Waals surface area contributed by atoms with Crippen LogP contribution in [0.1, 0.15) is 55.8 Å². The van der Waals surface area contributed by atoms with Crippen molar-refractivity contribution in [2.45, 2.75) is 57.5 Å². The second-order valence-corrected chi connectivity index (χ2v) is 9.75. The molecule has 1 aromatic carbocycles. The Hall–Kier alpha value is -1.89. The van der Waals surface area contributed by atoms with Crippen LogP contribution in [-0.4, -0.2) is 55.2 Å². The fourth-order valence-corrected chi connectivity index (χ4v) is 5.78. The van der Waals surface area contributed by atoms with Gasteiger partial charge in [-0.3, -0.25) is 9.59 Å². The summed E-state index contributed by atoms with van der Waals surface area (Å²) in [6.45, 7) is 1.38. The van der Waals surface area contributed by atoms with Gasteiger partial charge in [0.1, 0.15) is 5.75 Å². The molecule has 0 spiro atoms. The lowest BCUT2D eigenvalue weighted by atomic mass is 9.93. The van der Waals surface area contributed by atoms with E-state index in [1.54, 1.807) is 29.2 Å². The van der Waals surface area contributed by atoms with E-state index in [0.717, 1.165) is 25.7 Å². The molecule has 0 unspecified atom stereocenters. The molecule has 3 rings (SSSR count). The van der Waals surface area contributed by atoms with Gasteiger partial charge in [-0.15, -0.1) is 0 Å². The number of benzene rings is 1. The van der Waals surface area contributed by atoms with Gasteiger partial charge in [-0.25, -0.2) is 8.42 Å². The summed E-state index contributed by atoms with van der Waals surface area (Å²) in [6, 6.07) is 6.56. The molecule has 1 aromatic rings. The minimum absolute atomic E-state index is 0.0245. The molecule has 27 heavy (non-hydrogen) atoms. The highest BCUT2D eigenvalue weighted by Gasteiger charge is 2.38. The van der Waals surface area contributed by atoms with E-state index < -0.39 is 9.84 Å². The average molecular weight is 394 g/mol. The normalized spacial score (nSPS) is 22.3. The number of ether oxygens (including phenoxy) is 1. The Bertz CT molecular complexity index is 781. The smallest absolute Gasteiger partial charge is 0.261 e. The van der Waals surface area contributed by atoms with E-state index in [9.17, 15) is 18.0 Å². The lowest BCUT2D eigenvalue weighted by molar-refractivity contribution is -0.138. The summed E-state index contributed by atoms with van der Waals surface area (Å²) < 4.78 is 29.5. The number of rotatable bonds is 6. The molecule has 0 N–H and O–H groups in total. The average Bonchev–Trinajstić information content (AvgIpc) is 3.00. The summed E-state index contributed by atoms with van der Waals surface area (Å²) in [5, 5.41) is 0. The first-order valence-corrected chi connectivity index (χ1v) is 11.4. The van der Waals surface area contributed by atoms with Crippen molar-refractivity contribution in [1.29, 1.82) is 0 Å². The molecule has 0 bridgehead atoms. The van der Waals surface area contributed by atoms with Crippen molar-refractivity contribution < 1.29 is 22.7 Å². The molecule has 1 amide bonds. The van der Waals surface area contributed by atoms with Crippen LogP contribution in [0.4, 0.5) is 0 Å². The summed E-state index contributed by atoms with van der Waals surface area (Å²) in [7, 11) is -3.06. The van der Waals surface area contributed by atoms with Crippen LogP contribution in [0.3, 0.4) is 0 Å². The van der Waals surface area contributed by atoms with E-state index in [-0.39, 0.29) is 41.9 Å². The lowest BCUT2D eigenvalue weighted by Gasteiger charge is -2.38. The molecule has 1 aliphatic heterocycles. The second-order valence-electron chi connectivity index (χ2n) is 7.52. The highest BCUT2D eigenvalue weighted by molar-refractivity contribution is 7.91. The van der Waals surface area contributed by atoms with Gasteiger partial charge in [0.05, 0.1) is 11.5 Å². The number of ketones is 1. The third kappa shape index (κ3) is 5.09. The van der Waals surface area contributed by atoms with Crippen LogP contribution < -0.4 is 4.74 Å². The standard InChI is InChI=1S/C20H27NO5S/c1-15(22)16-7-9-19(10-8-16)26-13-20(23)21(17-5-3-2-4-6-17)18-11-12-27(24,25)14-18/h7-10,17-18H,2-6,11-14H2,1H3/t18-/m0/s1. The van der Waals surface area contributed by atoms with Crippen molar-refractivity contribution >= 4 is 21.5 Å². The molecule has 1 saturated heterocycles. The van der Waals surface area contributed by atoms with Crippen LogP contribution >= 0.6 is 0 Å². The molecule has 1 saturated carbocycles. The molecule has 7 heteroatoms. The molecule has 2 aliphatic rings. The summed E-state index contributed by atoms with van der Waals surface area (Å²) in [4.78, 5) is 26.1. The number of amides is 1. The molecule has 2 fully saturated rings. The highest BCUT2D eigenvalue weighted by atomic mass is 32.2. The van der Waals surface area contributed by atoms with Crippen LogP contribution in [0, 0.1) is 0 Å². The van der Waals surface area contributed by atoms with Crippen molar-refractivity contribution in [2.75, 3.05) is 18.1 Å². The topological polar surface area (TPSA) is 80.8 Å². The van der Waals surface area contributed by atoms with E-state index in [1.807, 2.05) is 0 Å². The number of nitrogens with zero attached hydrogens (tertiary/aromatic N) is 1. The van der Waals surface area contributed by atoms with E-state index in [2.05, 4.69) is 0 Å². The molecular weight excluding hydrogens is 366 g/mol. The predicted octanol–water partition coefficient (Wildman–Crippen LogP) is 2.62. The van der Waals surface area contributed by atoms with Crippen molar-refractivity contribution in [2.24, 2.45) is 0 Å². The number of hydrogen-bond donors (Lipinski definition) is 0. The van der Waals surface area contributed by atoms with Crippen molar-refractivity contribution in [3.05, 3.63) is 29.8 Å². The van der Waals surface area contributed by atoms with Gasteiger partial charge in [-0.1, -0.05) is 19.3 Å². The van der Waals surface area contributed by atoms with Crippen molar-refractivity contribution in [3.63, 3.8) is 0 Å². The van der Waals surface area contributed by atoms with E-state index in [1.165, 1.54) is 13.3 Å². The van der Waals surface area contributed by atoms with E-state index in [4.69, 9.17) is 4.74 Å². The Morgan fingerprint density at radius 2 is 1.70 bits per heavy atom. The van der Waals surface area contributed by atoms with Crippen molar-refractivity contribution in [3.8, 4) is 5.75 Å². The van der Waals surface area contributed by atoms with Crippen LogP contribution in [0.15, 0.2) is 24.3 Å². The van der Waals surface area contributed by atoms with Crippen LogP contribution in [0.2, 0.25) is 0 Å². The minimum atomic E-state index is -3.06. The fourth-order valence-electron chi connectivity index (χ4n) is 4.06. The fraction of sp³-hybridized carbons (Fsp3) is 0.600. The van der Waals surface area contributed by atoms with Crippen molar-refractivity contribution in [1.82, 2.24) is 4.90 Å². The maximum atomic E-state index is 12.9. The van der Waals surface area contributed by atoms with Gasteiger partial charge in [-0.05, 0) is 50.5 Å². The first kappa shape index (κ1) is 19.9. The van der Waals surface area contributed by atoms with E-state index >= 15 is 0 Å². The zero-order chi connectivity index (χ0) is 19.4. The Labute approximate surface area is 160 Å². The van der Waals surface area contributed by atoms with E-state index in [0.29, 0.717) is 17.7 Å². The number of Topliss-reactive ketones (excluding diaryl/α,β-unsaturated/α-hetero) is 1. The second kappa shape index (κ2) is 8.42. The largest absolute Gasteiger partial charge is 0.484 e. The summed E-state index contributed by atoms with van der Waals surface area (Å²) in [5.41, 5.74) is 0.591. The maximum Gasteiger partial charge on any atom is 0.261 e. The van der Waals surface area contributed by atoms with Gasteiger partial charge < -0.3 is 9.64 Å². The Morgan fingerprint density at radius 3 is 2.26 bits per heavy atom. The van der Waals surface area contributed by atoms with Crippen LogP contribution in [0.25, 0.3) is 0 Å². The predicted molar refractivity (Wildman–Crippen MR) is 103 cm³/mol. The molecule has 148 valence electrons.